The Bertz CT molecular complexity index is 842. The molecule has 0 aliphatic heterocycles. The molecule has 2 heterocycles. The van der Waals surface area contributed by atoms with Gasteiger partial charge >= 0.3 is 5.97 Å². The average molecular weight is 393 g/mol. The van der Waals surface area contributed by atoms with Crippen molar-refractivity contribution in [2.75, 3.05) is 7.11 Å². The number of aryl methyl sites for hydroxylation is 1. The third-order valence-corrected chi connectivity index (χ3v) is 4.69. The first-order chi connectivity index (χ1) is 10.1. The highest BCUT2D eigenvalue weighted by molar-refractivity contribution is 14.1. The Labute approximate surface area is 135 Å². The molecule has 0 radical (unpaired) electrons. The Kier molecular flexibility index (Phi) is 3.62. The van der Waals surface area contributed by atoms with Gasteiger partial charge in [0.15, 0.2) is 11.5 Å². The second-order valence-electron chi connectivity index (χ2n) is 4.60. The summed E-state index contributed by atoms with van der Waals surface area (Å²) in [6.07, 6.45) is 1.70. The quantitative estimate of drug-likeness (QED) is 0.496. The lowest BCUT2D eigenvalue weighted by Gasteiger charge is -2.06. The standard InChI is InChI=1S/C15H12IN3O2/c1-9-4-3-5-11(13(9)16)14-18-17-12-7-6-10(8-19(12)14)15(20)21-2/h3-8H,1-2H3. The van der Waals surface area contributed by atoms with Crippen LogP contribution >= 0.6 is 22.6 Å². The summed E-state index contributed by atoms with van der Waals surface area (Å²) >= 11 is 2.30. The van der Waals surface area contributed by atoms with Gasteiger partial charge in [-0.1, -0.05) is 18.2 Å². The zero-order valence-electron chi connectivity index (χ0n) is 11.5. The highest BCUT2D eigenvalue weighted by atomic mass is 127. The van der Waals surface area contributed by atoms with Crippen LogP contribution < -0.4 is 0 Å². The molecule has 0 saturated heterocycles. The van der Waals surface area contributed by atoms with Crippen LogP contribution in [0, 0.1) is 10.5 Å². The lowest BCUT2D eigenvalue weighted by molar-refractivity contribution is 0.0600. The number of hydrogen-bond donors (Lipinski definition) is 0. The van der Waals surface area contributed by atoms with Crippen LogP contribution in [0.5, 0.6) is 0 Å². The molecule has 5 nitrogen and oxygen atoms in total. The predicted molar refractivity (Wildman–Crippen MR) is 87.2 cm³/mol. The minimum atomic E-state index is -0.379. The van der Waals surface area contributed by atoms with E-state index in [1.807, 2.05) is 29.5 Å². The molecule has 0 aliphatic rings. The Morgan fingerprint density at radius 1 is 1.24 bits per heavy atom. The molecule has 0 N–H and O–H groups in total. The smallest absolute Gasteiger partial charge is 0.339 e. The van der Waals surface area contributed by atoms with Crippen LogP contribution in [0.25, 0.3) is 17.0 Å². The molecule has 0 unspecified atom stereocenters. The first-order valence-electron chi connectivity index (χ1n) is 6.30. The fraction of sp³-hybridized carbons (Fsp3) is 0.133. The van der Waals surface area contributed by atoms with E-state index in [1.165, 1.54) is 12.7 Å². The highest BCUT2D eigenvalue weighted by Crippen LogP contribution is 2.26. The van der Waals surface area contributed by atoms with E-state index < -0.39 is 0 Å². The lowest BCUT2D eigenvalue weighted by atomic mass is 10.1. The van der Waals surface area contributed by atoms with Crippen LogP contribution in [0.2, 0.25) is 0 Å². The number of benzene rings is 1. The topological polar surface area (TPSA) is 56.5 Å². The number of pyridine rings is 1. The van der Waals surface area contributed by atoms with E-state index in [0.29, 0.717) is 17.0 Å². The van der Waals surface area contributed by atoms with Gasteiger partial charge in [-0.25, -0.2) is 4.79 Å². The molecule has 106 valence electrons. The van der Waals surface area contributed by atoms with Crippen molar-refractivity contribution in [2.24, 2.45) is 0 Å². The van der Waals surface area contributed by atoms with Gasteiger partial charge in [-0.2, -0.15) is 0 Å². The van der Waals surface area contributed by atoms with Crippen LogP contribution in [-0.2, 0) is 4.74 Å². The number of aromatic nitrogens is 3. The van der Waals surface area contributed by atoms with Crippen molar-refractivity contribution in [3.05, 3.63) is 51.2 Å². The van der Waals surface area contributed by atoms with Crippen LogP contribution in [0.15, 0.2) is 36.5 Å². The van der Waals surface area contributed by atoms with Crippen molar-refractivity contribution in [3.8, 4) is 11.4 Å². The summed E-state index contributed by atoms with van der Waals surface area (Å²) < 4.78 is 7.68. The third kappa shape index (κ3) is 2.39. The molecule has 6 heteroatoms. The van der Waals surface area contributed by atoms with Crippen molar-refractivity contribution < 1.29 is 9.53 Å². The minimum Gasteiger partial charge on any atom is -0.465 e. The molecular formula is C15H12IN3O2. The molecule has 0 bridgehead atoms. The molecule has 0 saturated carbocycles. The van der Waals surface area contributed by atoms with E-state index in [0.717, 1.165) is 9.13 Å². The van der Waals surface area contributed by atoms with E-state index in [4.69, 9.17) is 4.74 Å². The van der Waals surface area contributed by atoms with Gasteiger partial charge in [0, 0.05) is 15.3 Å². The highest BCUT2D eigenvalue weighted by Gasteiger charge is 2.14. The SMILES string of the molecule is COC(=O)c1ccc2nnc(-c3cccc(C)c3I)n2c1. The monoisotopic (exact) mass is 393 g/mol. The van der Waals surface area contributed by atoms with Crippen LogP contribution in [0.1, 0.15) is 15.9 Å². The Balaban J connectivity index is 2.23. The minimum absolute atomic E-state index is 0.379. The number of halogens is 1. The van der Waals surface area contributed by atoms with E-state index >= 15 is 0 Å². The van der Waals surface area contributed by atoms with Crippen molar-refractivity contribution in [3.63, 3.8) is 0 Å². The zero-order valence-corrected chi connectivity index (χ0v) is 13.7. The molecule has 3 aromatic rings. The molecule has 0 amide bonds. The van der Waals surface area contributed by atoms with Crippen LogP contribution in [-0.4, -0.2) is 27.7 Å². The van der Waals surface area contributed by atoms with Crippen LogP contribution in [0.3, 0.4) is 0 Å². The zero-order chi connectivity index (χ0) is 15.0. The Hall–Kier alpha value is -1.96. The molecular weight excluding hydrogens is 381 g/mol. The predicted octanol–water partition coefficient (Wildman–Crippen LogP) is 3.10. The van der Waals surface area contributed by atoms with Crippen molar-refractivity contribution in [2.45, 2.75) is 6.92 Å². The van der Waals surface area contributed by atoms with Crippen LogP contribution in [0.4, 0.5) is 0 Å². The first kappa shape index (κ1) is 14.0. The Morgan fingerprint density at radius 2 is 2.05 bits per heavy atom. The summed E-state index contributed by atoms with van der Waals surface area (Å²) in [6.45, 7) is 2.05. The second-order valence-corrected chi connectivity index (χ2v) is 5.68. The number of rotatable bonds is 2. The second kappa shape index (κ2) is 5.44. The van der Waals surface area contributed by atoms with Gasteiger partial charge in [0.05, 0.1) is 12.7 Å². The molecule has 21 heavy (non-hydrogen) atoms. The summed E-state index contributed by atoms with van der Waals surface area (Å²) in [7, 11) is 1.36. The van der Waals surface area contributed by atoms with Gasteiger partial charge in [0.1, 0.15) is 0 Å². The summed E-state index contributed by atoms with van der Waals surface area (Å²) in [5.74, 6) is 0.333. The third-order valence-electron chi connectivity index (χ3n) is 3.26. The maximum absolute atomic E-state index is 11.7. The number of carbonyl (C=O) groups excluding carboxylic acids is 1. The summed E-state index contributed by atoms with van der Waals surface area (Å²) in [5.41, 5.74) is 3.32. The molecule has 0 spiro atoms. The van der Waals surface area contributed by atoms with E-state index in [2.05, 4.69) is 32.8 Å². The maximum atomic E-state index is 11.7. The number of fused-ring (bicyclic) bond motifs is 1. The van der Waals surface area contributed by atoms with Crippen molar-refractivity contribution in [1.29, 1.82) is 0 Å². The largest absolute Gasteiger partial charge is 0.465 e. The fourth-order valence-corrected chi connectivity index (χ4v) is 2.73. The fourth-order valence-electron chi connectivity index (χ4n) is 2.13. The number of nitrogens with zero attached hydrogens (tertiary/aromatic N) is 3. The average Bonchev–Trinajstić information content (AvgIpc) is 2.92. The number of methoxy groups -OCH3 is 1. The number of esters is 1. The molecule has 0 aliphatic carbocycles. The lowest BCUT2D eigenvalue weighted by Crippen LogP contribution is -2.03. The summed E-state index contributed by atoms with van der Waals surface area (Å²) in [5, 5.41) is 8.40. The number of ether oxygens (including phenoxy) is 1. The van der Waals surface area contributed by atoms with E-state index in [-0.39, 0.29) is 5.97 Å². The van der Waals surface area contributed by atoms with E-state index in [9.17, 15) is 4.79 Å². The van der Waals surface area contributed by atoms with Gasteiger partial charge in [0.2, 0.25) is 0 Å². The summed E-state index contributed by atoms with van der Waals surface area (Å²) in [4.78, 5) is 11.7. The molecule has 2 aromatic heterocycles. The first-order valence-corrected chi connectivity index (χ1v) is 7.38. The van der Waals surface area contributed by atoms with Crippen molar-refractivity contribution in [1.82, 2.24) is 14.6 Å². The van der Waals surface area contributed by atoms with Gasteiger partial charge in [-0.15, -0.1) is 10.2 Å². The summed E-state index contributed by atoms with van der Waals surface area (Å²) in [6, 6.07) is 9.47. The molecule has 1 aromatic carbocycles. The van der Waals surface area contributed by atoms with Gasteiger partial charge in [-0.05, 0) is 47.2 Å². The van der Waals surface area contributed by atoms with Gasteiger partial charge in [0.25, 0.3) is 0 Å². The maximum Gasteiger partial charge on any atom is 0.339 e. The van der Waals surface area contributed by atoms with Crippen molar-refractivity contribution >= 4 is 34.2 Å². The molecule has 0 atom stereocenters. The molecule has 3 rings (SSSR count). The van der Waals surface area contributed by atoms with Gasteiger partial charge in [-0.3, -0.25) is 4.40 Å². The van der Waals surface area contributed by atoms with Gasteiger partial charge < -0.3 is 4.74 Å². The number of carbonyl (C=O) groups is 1. The number of hydrogen-bond acceptors (Lipinski definition) is 4. The Morgan fingerprint density at radius 3 is 2.81 bits per heavy atom. The normalized spacial score (nSPS) is 10.8. The van der Waals surface area contributed by atoms with E-state index in [1.54, 1.807) is 18.3 Å². The molecule has 0 fully saturated rings.